The third-order valence-electron chi connectivity index (χ3n) is 3.93. The minimum atomic E-state index is 0.297. The molecule has 0 saturated carbocycles. The van der Waals surface area contributed by atoms with Gasteiger partial charge in [0.2, 0.25) is 0 Å². The number of methoxy groups -OCH3 is 1. The molecule has 1 nitrogen and oxygen atoms in total. The highest BCUT2D eigenvalue weighted by Crippen LogP contribution is 2.36. The molecule has 2 rings (SSSR count). The van der Waals surface area contributed by atoms with Gasteiger partial charge in [0, 0.05) is 7.11 Å². The zero-order valence-electron chi connectivity index (χ0n) is 10.6. The molecule has 88 valence electrons. The number of rotatable bonds is 2. The van der Waals surface area contributed by atoms with Crippen molar-refractivity contribution in [3.05, 3.63) is 35.4 Å². The third kappa shape index (κ3) is 2.30. The Hall–Kier alpha value is -0.820. The first-order valence-electron chi connectivity index (χ1n) is 6.33. The van der Waals surface area contributed by atoms with Crippen LogP contribution in [0.4, 0.5) is 0 Å². The summed E-state index contributed by atoms with van der Waals surface area (Å²) in [5.41, 5.74) is 2.89. The predicted molar refractivity (Wildman–Crippen MR) is 67.5 cm³/mol. The van der Waals surface area contributed by atoms with Crippen molar-refractivity contribution >= 4 is 0 Å². The minimum absolute atomic E-state index is 0.297. The van der Waals surface area contributed by atoms with Gasteiger partial charge in [-0.25, -0.2) is 0 Å². The standard InChI is InChI=1S/C15H22O/c1-11(2)13-9-8-12-6-4-5-7-14(12)15(10-13)16-3/h4-7,11,13,15H,8-10H2,1-3H3/t13-,15+/m0/s1. The molecule has 0 fully saturated rings. The molecule has 0 N–H and O–H groups in total. The SMILES string of the molecule is CO[C@@H]1C[C@@H](C(C)C)CCc2ccccc21. The van der Waals surface area contributed by atoms with Gasteiger partial charge in [0.15, 0.2) is 0 Å². The summed E-state index contributed by atoms with van der Waals surface area (Å²) in [6, 6.07) is 8.75. The number of hydrogen-bond acceptors (Lipinski definition) is 1. The Morgan fingerprint density at radius 3 is 2.69 bits per heavy atom. The van der Waals surface area contributed by atoms with Gasteiger partial charge >= 0.3 is 0 Å². The molecular weight excluding hydrogens is 196 g/mol. The van der Waals surface area contributed by atoms with E-state index in [0.29, 0.717) is 6.10 Å². The van der Waals surface area contributed by atoms with Gasteiger partial charge in [0.1, 0.15) is 0 Å². The van der Waals surface area contributed by atoms with Gasteiger partial charge in [-0.05, 0) is 42.2 Å². The average molecular weight is 218 g/mol. The summed E-state index contributed by atoms with van der Waals surface area (Å²) in [4.78, 5) is 0. The Balaban J connectivity index is 2.27. The lowest BCUT2D eigenvalue weighted by atomic mass is 9.87. The zero-order chi connectivity index (χ0) is 11.5. The molecule has 0 aliphatic heterocycles. The quantitative estimate of drug-likeness (QED) is 0.682. The second-order valence-electron chi connectivity index (χ2n) is 5.20. The van der Waals surface area contributed by atoms with Crippen LogP contribution in [0.1, 0.15) is 43.9 Å². The molecule has 1 aromatic rings. The highest BCUT2D eigenvalue weighted by molar-refractivity contribution is 5.30. The Labute approximate surface area is 98.8 Å². The van der Waals surface area contributed by atoms with Crippen LogP contribution in [0.3, 0.4) is 0 Å². The molecule has 0 bridgehead atoms. The number of fused-ring (bicyclic) bond motifs is 1. The van der Waals surface area contributed by atoms with E-state index >= 15 is 0 Å². The Morgan fingerprint density at radius 2 is 2.00 bits per heavy atom. The molecule has 0 radical (unpaired) electrons. The first-order chi connectivity index (χ1) is 7.72. The molecule has 1 aliphatic rings. The number of hydrogen-bond donors (Lipinski definition) is 0. The van der Waals surface area contributed by atoms with Crippen LogP contribution in [-0.4, -0.2) is 7.11 Å². The van der Waals surface area contributed by atoms with Crippen molar-refractivity contribution in [2.24, 2.45) is 11.8 Å². The molecule has 2 atom stereocenters. The third-order valence-corrected chi connectivity index (χ3v) is 3.93. The van der Waals surface area contributed by atoms with E-state index in [4.69, 9.17) is 4.74 Å². The molecule has 0 amide bonds. The highest BCUT2D eigenvalue weighted by Gasteiger charge is 2.25. The van der Waals surface area contributed by atoms with E-state index in [1.807, 2.05) is 7.11 Å². The van der Waals surface area contributed by atoms with Gasteiger partial charge in [0.05, 0.1) is 6.10 Å². The van der Waals surface area contributed by atoms with Gasteiger partial charge < -0.3 is 4.74 Å². The molecule has 0 spiro atoms. The molecule has 16 heavy (non-hydrogen) atoms. The number of benzene rings is 1. The summed E-state index contributed by atoms with van der Waals surface area (Å²) < 4.78 is 5.68. The fourth-order valence-corrected chi connectivity index (χ4v) is 2.77. The maximum Gasteiger partial charge on any atom is 0.0826 e. The molecule has 0 saturated heterocycles. The number of ether oxygens (including phenoxy) is 1. The van der Waals surface area contributed by atoms with Crippen molar-refractivity contribution in [3.63, 3.8) is 0 Å². The van der Waals surface area contributed by atoms with E-state index in [1.165, 1.54) is 30.4 Å². The van der Waals surface area contributed by atoms with Crippen LogP contribution < -0.4 is 0 Å². The predicted octanol–water partition coefficient (Wildman–Crippen LogP) is 3.98. The van der Waals surface area contributed by atoms with E-state index in [9.17, 15) is 0 Å². The zero-order valence-corrected chi connectivity index (χ0v) is 10.6. The van der Waals surface area contributed by atoms with Crippen molar-refractivity contribution < 1.29 is 4.74 Å². The van der Waals surface area contributed by atoms with Gasteiger partial charge in [-0.15, -0.1) is 0 Å². The molecule has 0 heterocycles. The maximum atomic E-state index is 5.68. The second kappa shape index (κ2) is 5.01. The van der Waals surface area contributed by atoms with Crippen LogP contribution in [0.2, 0.25) is 0 Å². The van der Waals surface area contributed by atoms with Gasteiger partial charge in [-0.2, -0.15) is 0 Å². The summed E-state index contributed by atoms with van der Waals surface area (Å²) in [5.74, 6) is 1.55. The van der Waals surface area contributed by atoms with Gasteiger partial charge in [-0.3, -0.25) is 0 Å². The van der Waals surface area contributed by atoms with Crippen LogP contribution in [0.5, 0.6) is 0 Å². The summed E-state index contributed by atoms with van der Waals surface area (Å²) in [6.45, 7) is 4.65. The fraction of sp³-hybridized carbons (Fsp3) is 0.600. The van der Waals surface area contributed by atoms with Crippen molar-refractivity contribution in [2.45, 2.75) is 39.2 Å². The van der Waals surface area contributed by atoms with Crippen LogP contribution >= 0.6 is 0 Å². The second-order valence-corrected chi connectivity index (χ2v) is 5.20. The van der Waals surface area contributed by atoms with Crippen molar-refractivity contribution in [2.75, 3.05) is 7.11 Å². The van der Waals surface area contributed by atoms with Crippen LogP contribution in [-0.2, 0) is 11.2 Å². The molecule has 0 unspecified atom stereocenters. The number of aryl methyl sites for hydroxylation is 1. The van der Waals surface area contributed by atoms with E-state index in [2.05, 4.69) is 38.1 Å². The summed E-state index contributed by atoms with van der Waals surface area (Å²) >= 11 is 0. The first kappa shape index (κ1) is 11.7. The first-order valence-corrected chi connectivity index (χ1v) is 6.33. The van der Waals surface area contributed by atoms with Gasteiger partial charge in [-0.1, -0.05) is 38.1 Å². The Kier molecular flexibility index (Phi) is 3.65. The summed E-state index contributed by atoms with van der Waals surface area (Å²) in [7, 11) is 1.84. The van der Waals surface area contributed by atoms with E-state index in [0.717, 1.165) is 11.8 Å². The Morgan fingerprint density at radius 1 is 1.25 bits per heavy atom. The molecular formula is C15H22O. The minimum Gasteiger partial charge on any atom is -0.377 e. The lowest BCUT2D eigenvalue weighted by Crippen LogP contribution is -2.12. The van der Waals surface area contributed by atoms with E-state index in [-0.39, 0.29) is 0 Å². The van der Waals surface area contributed by atoms with Crippen molar-refractivity contribution in [1.82, 2.24) is 0 Å². The molecule has 0 aromatic heterocycles. The topological polar surface area (TPSA) is 9.23 Å². The van der Waals surface area contributed by atoms with Crippen molar-refractivity contribution in [3.8, 4) is 0 Å². The lowest BCUT2D eigenvalue weighted by Gasteiger charge is -2.22. The monoisotopic (exact) mass is 218 g/mol. The summed E-state index contributed by atoms with van der Waals surface area (Å²) in [5, 5.41) is 0. The van der Waals surface area contributed by atoms with Crippen LogP contribution in [0, 0.1) is 11.8 Å². The molecule has 1 aromatic carbocycles. The van der Waals surface area contributed by atoms with Crippen LogP contribution in [0.25, 0.3) is 0 Å². The smallest absolute Gasteiger partial charge is 0.0826 e. The van der Waals surface area contributed by atoms with Crippen molar-refractivity contribution in [1.29, 1.82) is 0 Å². The lowest BCUT2D eigenvalue weighted by molar-refractivity contribution is 0.0741. The van der Waals surface area contributed by atoms with Gasteiger partial charge in [0.25, 0.3) is 0 Å². The van der Waals surface area contributed by atoms with Crippen LogP contribution in [0.15, 0.2) is 24.3 Å². The average Bonchev–Trinajstić information content (AvgIpc) is 2.48. The largest absolute Gasteiger partial charge is 0.377 e. The Bertz CT molecular complexity index is 343. The molecule has 1 aliphatic carbocycles. The summed E-state index contributed by atoms with van der Waals surface area (Å²) in [6.07, 6.45) is 3.98. The fourth-order valence-electron chi connectivity index (χ4n) is 2.77. The normalized spacial score (nSPS) is 25.2. The van der Waals surface area contributed by atoms with E-state index < -0.39 is 0 Å². The van der Waals surface area contributed by atoms with E-state index in [1.54, 1.807) is 0 Å². The maximum absolute atomic E-state index is 5.68. The highest BCUT2D eigenvalue weighted by atomic mass is 16.5. The molecule has 1 heteroatoms.